The zero-order valence-electron chi connectivity index (χ0n) is 10.4. The van der Waals surface area contributed by atoms with Gasteiger partial charge in [0.05, 0.1) is 0 Å². The maximum atomic E-state index is 3.55. The van der Waals surface area contributed by atoms with E-state index in [9.17, 15) is 0 Å². The number of hydrogen-bond acceptors (Lipinski definition) is 1. The Morgan fingerprint density at radius 2 is 2.24 bits per heavy atom. The van der Waals surface area contributed by atoms with Crippen LogP contribution >= 0.6 is 0 Å². The summed E-state index contributed by atoms with van der Waals surface area (Å²) in [5.74, 6) is 0.973. The Labute approximate surface area is 102 Å². The van der Waals surface area contributed by atoms with Crippen LogP contribution in [0.3, 0.4) is 0 Å². The Bertz CT molecular complexity index is 509. The number of hydrogen-bond donors (Lipinski definition) is 2. The first-order valence-electron chi connectivity index (χ1n) is 6.60. The van der Waals surface area contributed by atoms with E-state index in [-0.39, 0.29) is 0 Å². The highest BCUT2D eigenvalue weighted by atomic mass is 14.9. The van der Waals surface area contributed by atoms with Crippen molar-refractivity contribution in [3.8, 4) is 0 Å². The lowest BCUT2D eigenvalue weighted by Crippen LogP contribution is -2.19. The zero-order valence-corrected chi connectivity index (χ0v) is 10.4. The van der Waals surface area contributed by atoms with Gasteiger partial charge in [0.2, 0.25) is 0 Å². The maximum Gasteiger partial charge on any atom is 0.0459 e. The topological polar surface area (TPSA) is 27.8 Å². The van der Waals surface area contributed by atoms with Crippen LogP contribution < -0.4 is 5.32 Å². The predicted octanol–water partition coefficient (Wildman–Crippen LogP) is 3.02. The van der Waals surface area contributed by atoms with Crippen molar-refractivity contribution in [1.29, 1.82) is 0 Å². The zero-order chi connectivity index (χ0) is 11.7. The van der Waals surface area contributed by atoms with Gasteiger partial charge in [-0.25, -0.2) is 0 Å². The van der Waals surface area contributed by atoms with Gasteiger partial charge in [0.25, 0.3) is 0 Å². The molecule has 0 unspecified atom stereocenters. The van der Waals surface area contributed by atoms with Crippen molar-refractivity contribution < 1.29 is 0 Å². The summed E-state index contributed by atoms with van der Waals surface area (Å²) in [6, 6.07) is 6.64. The quantitative estimate of drug-likeness (QED) is 0.756. The Morgan fingerprint density at radius 1 is 1.35 bits per heavy atom. The van der Waals surface area contributed by atoms with Gasteiger partial charge >= 0.3 is 0 Å². The Kier molecular flexibility index (Phi) is 2.89. The van der Waals surface area contributed by atoms with Crippen LogP contribution in [0.1, 0.15) is 24.0 Å². The van der Waals surface area contributed by atoms with Crippen LogP contribution in [-0.2, 0) is 6.42 Å². The molecular formula is C15H20N2. The lowest BCUT2D eigenvalue weighted by Gasteiger charge is -2.02. The normalized spacial score (nSPS) is 15.6. The minimum Gasteiger partial charge on any atom is -0.361 e. The molecule has 2 aromatic rings. The molecule has 0 saturated heterocycles. The van der Waals surface area contributed by atoms with E-state index in [4.69, 9.17) is 0 Å². The molecule has 0 atom stereocenters. The lowest BCUT2D eigenvalue weighted by atomic mass is 10.1. The highest BCUT2D eigenvalue weighted by Crippen LogP contribution is 2.27. The molecule has 0 amide bonds. The molecule has 1 aromatic carbocycles. The molecule has 0 bridgehead atoms. The summed E-state index contributed by atoms with van der Waals surface area (Å²) < 4.78 is 0. The number of rotatable bonds is 5. The third-order valence-corrected chi connectivity index (χ3v) is 3.62. The molecule has 1 aliphatic carbocycles. The molecule has 2 N–H and O–H groups in total. The molecule has 1 fully saturated rings. The molecule has 0 aliphatic heterocycles. The molecular weight excluding hydrogens is 208 g/mol. The second kappa shape index (κ2) is 4.53. The number of nitrogens with one attached hydrogen (secondary N) is 2. The maximum absolute atomic E-state index is 3.55. The largest absolute Gasteiger partial charge is 0.361 e. The molecule has 0 spiro atoms. The van der Waals surface area contributed by atoms with E-state index in [1.165, 1.54) is 41.4 Å². The summed E-state index contributed by atoms with van der Waals surface area (Å²) in [4.78, 5) is 3.36. The van der Waals surface area contributed by atoms with Crippen molar-refractivity contribution >= 4 is 10.9 Å². The summed E-state index contributed by atoms with van der Waals surface area (Å²) in [5.41, 5.74) is 4.02. The van der Waals surface area contributed by atoms with E-state index in [0.29, 0.717) is 0 Å². The summed E-state index contributed by atoms with van der Waals surface area (Å²) >= 11 is 0. The fraction of sp³-hybridized carbons (Fsp3) is 0.467. The van der Waals surface area contributed by atoms with Gasteiger partial charge in [0.1, 0.15) is 0 Å². The van der Waals surface area contributed by atoms with Gasteiger partial charge in [0.15, 0.2) is 0 Å². The highest BCUT2D eigenvalue weighted by Gasteiger charge is 2.19. The molecule has 2 nitrogen and oxygen atoms in total. The molecule has 17 heavy (non-hydrogen) atoms. The number of aromatic nitrogens is 1. The van der Waals surface area contributed by atoms with Crippen LogP contribution in [0.25, 0.3) is 10.9 Å². The van der Waals surface area contributed by atoms with E-state index >= 15 is 0 Å². The van der Waals surface area contributed by atoms with Gasteiger partial charge in [-0.05, 0) is 62.4 Å². The van der Waals surface area contributed by atoms with Crippen LogP contribution in [0, 0.1) is 12.8 Å². The monoisotopic (exact) mass is 228 g/mol. The standard InChI is InChI=1S/C15H20N2/c1-11-2-5-14-13(10-17-15(14)8-11)6-7-16-9-12-3-4-12/h2,5,8,10,12,16-17H,3-4,6-7,9H2,1H3. The average molecular weight is 228 g/mol. The van der Waals surface area contributed by atoms with E-state index < -0.39 is 0 Å². The van der Waals surface area contributed by atoms with E-state index in [1.807, 2.05) is 0 Å². The minimum absolute atomic E-state index is 0.973. The fourth-order valence-corrected chi connectivity index (χ4v) is 2.36. The fourth-order valence-electron chi connectivity index (χ4n) is 2.36. The van der Waals surface area contributed by atoms with Crippen molar-refractivity contribution in [2.45, 2.75) is 26.2 Å². The molecule has 2 heteroatoms. The molecule has 3 rings (SSSR count). The van der Waals surface area contributed by atoms with Gasteiger partial charge < -0.3 is 10.3 Å². The number of aryl methyl sites for hydroxylation is 1. The van der Waals surface area contributed by atoms with Crippen molar-refractivity contribution in [3.05, 3.63) is 35.5 Å². The first-order valence-corrected chi connectivity index (χ1v) is 6.60. The third kappa shape index (κ3) is 2.52. The number of aromatic amines is 1. The molecule has 0 radical (unpaired) electrons. The Balaban J connectivity index is 1.63. The van der Waals surface area contributed by atoms with Crippen LogP contribution in [0.5, 0.6) is 0 Å². The SMILES string of the molecule is Cc1ccc2c(CCNCC3CC3)c[nH]c2c1. The summed E-state index contributed by atoms with van der Waals surface area (Å²) in [6.45, 7) is 4.44. The first kappa shape index (κ1) is 10.8. The average Bonchev–Trinajstić information content (AvgIpc) is 3.06. The van der Waals surface area contributed by atoms with Crippen molar-refractivity contribution in [2.75, 3.05) is 13.1 Å². The Hall–Kier alpha value is -1.28. The second-order valence-corrected chi connectivity index (χ2v) is 5.26. The minimum atomic E-state index is 0.973. The highest BCUT2D eigenvalue weighted by molar-refractivity contribution is 5.83. The number of H-pyrrole nitrogens is 1. The van der Waals surface area contributed by atoms with E-state index in [0.717, 1.165) is 18.9 Å². The van der Waals surface area contributed by atoms with Crippen LogP contribution in [0.2, 0.25) is 0 Å². The van der Waals surface area contributed by atoms with Gasteiger partial charge in [-0.3, -0.25) is 0 Å². The smallest absolute Gasteiger partial charge is 0.0459 e. The molecule has 1 saturated carbocycles. The van der Waals surface area contributed by atoms with E-state index in [1.54, 1.807) is 0 Å². The van der Waals surface area contributed by atoms with Gasteiger partial charge in [-0.15, -0.1) is 0 Å². The molecule has 1 heterocycles. The van der Waals surface area contributed by atoms with Gasteiger partial charge in [-0.1, -0.05) is 12.1 Å². The first-order chi connectivity index (χ1) is 8.33. The van der Waals surface area contributed by atoms with Crippen molar-refractivity contribution in [2.24, 2.45) is 5.92 Å². The summed E-state index contributed by atoms with van der Waals surface area (Å²) in [7, 11) is 0. The van der Waals surface area contributed by atoms with E-state index in [2.05, 4.69) is 41.6 Å². The van der Waals surface area contributed by atoms with Crippen molar-refractivity contribution in [1.82, 2.24) is 10.3 Å². The molecule has 1 aromatic heterocycles. The van der Waals surface area contributed by atoms with Gasteiger partial charge in [0, 0.05) is 17.1 Å². The second-order valence-electron chi connectivity index (χ2n) is 5.26. The van der Waals surface area contributed by atoms with Crippen molar-refractivity contribution in [3.63, 3.8) is 0 Å². The van der Waals surface area contributed by atoms with Crippen LogP contribution in [0.4, 0.5) is 0 Å². The van der Waals surface area contributed by atoms with Crippen LogP contribution in [0.15, 0.2) is 24.4 Å². The van der Waals surface area contributed by atoms with Gasteiger partial charge in [-0.2, -0.15) is 0 Å². The summed E-state index contributed by atoms with van der Waals surface area (Å²) in [5, 5.41) is 4.93. The number of benzene rings is 1. The third-order valence-electron chi connectivity index (χ3n) is 3.62. The molecule has 1 aliphatic rings. The predicted molar refractivity (Wildman–Crippen MR) is 72.3 cm³/mol. The number of fused-ring (bicyclic) bond motifs is 1. The Morgan fingerprint density at radius 3 is 3.06 bits per heavy atom. The summed E-state index contributed by atoms with van der Waals surface area (Å²) in [6.07, 6.45) is 6.14. The molecule has 90 valence electrons. The van der Waals surface area contributed by atoms with Crippen LogP contribution in [-0.4, -0.2) is 18.1 Å². The lowest BCUT2D eigenvalue weighted by molar-refractivity contribution is 0.638.